The van der Waals surface area contributed by atoms with E-state index in [0.717, 1.165) is 37.6 Å². The minimum Gasteiger partial charge on any atom is -0.496 e. The Hall–Kier alpha value is -1.35. The first-order valence-electron chi connectivity index (χ1n) is 9.26. The zero-order valence-corrected chi connectivity index (χ0v) is 19.8. The summed E-state index contributed by atoms with van der Waals surface area (Å²) in [7, 11) is 1.71. The lowest BCUT2D eigenvalue weighted by Crippen LogP contribution is -2.38. The van der Waals surface area contributed by atoms with E-state index in [1.54, 1.807) is 18.4 Å². The lowest BCUT2D eigenvalue weighted by molar-refractivity contribution is 0.407. The molecule has 1 aromatic carbocycles. The van der Waals surface area contributed by atoms with E-state index in [9.17, 15) is 0 Å². The number of methoxy groups -OCH3 is 1. The van der Waals surface area contributed by atoms with Crippen molar-refractivity contribution >= 4 is 41.3 Å². The molecular weight excluding hydrogens is 471 g/mol. The van der Waals surface area contributed by atoms with E-state index < -0.39 is 0 Å². The molecule has 0 saturated heterocycles. The number of rotatable bonds is 9. The number of ether oxygens (including phenoxy) is 1. The molecule has 2 aromatic rings. The van der Waals surface area contributed by atoms with E-state index in [-0.39, 0.29) is 29.9 Å². The molecule has 150 valence electrons. The number of thiazole rings is 1. The Balaban J connectivity index is 0.00000364. The van der Waals surface area contributed by atoms with Crippen molar-refractivity contribution in [3.63, 3.8) is 0 Å². The fraction of sp³-hybridized carbons (Fsp3) is 0.500. The van der Waals surface area contributed by atoms with Crippen LogP contribution < -0.4 is 15.4 Å². The number of hydrogen-bond donors (Lipinski definition) is 2. The maximum absolute atomic E-state index is 5.46. The number of aryl methyl sites for hydroxylation is 1. The molecular formula is C20H31IN4OS. The number of hydrogen-bond acceptors (Lipinski definition) is 4. The third-order valence-electron chi connectivity index (χ3n) is 4.12. The van der Waals surface area contributed by atoms with Crippen molar-refractivity contribution in [3.8, 4) is 5.75 Å². The van der Waals surface area contributed by atoms with E-state index >= 15 is 0 Å². The molecule has 2 rings (SSSR count). The van der Waals surface area contributed by atoms with Crippen LogP contribution in [0.25, 0.3) is 0 Å². The van der Waals surface area contributed by atoms with E-state index in [1.807, 2.05) is 24.4 Å². The first kappa shape index (κ1) is 23.7. The van der Waals surface area contributed by atoms with Gasteiger partial charge in [-0.1, -0.05) is 32.0 Å². The highest BCUT2D eigenvalue weighted by molar-refractivity contribution is 14.0. The van der Waals surface area contributed by atoms with Crippen molar-refractivity contribution in [1.29, 1.82) is 0 Å². The molecule has 0 aliphatic rings. The standard InChI is InChI=1S/C20H30N4OS.HI/c1-5-16-14-23-19(26-16)11-12-22-20(21-6-2)24-13-15(3)17-9-7-8-10-18(17)25-4;/h7-10,14-15H,5-6,11-13H2,1-4H3,(H2,21,22,24);1H. The second-order valence-corrected chi connectivity index (χ2v) is 7.31. The number of guanidine groups is 1. The summed E-state index contributed by atoms with van der Waals surface area (Å²) in [5.74, 6) is 2.05. The molecule has 2 N–H and O–H groups in total. The summed E-state index contributed by atoms with van der Waals surface area (Å²) in [6.07, 6.45) is 3.95. The van der Waals surface area contributed by atoms with Gasteiger partial charge in [0.2, 0.25) is 0 Å². The average Bonchev–Trinajstić information content (AvgIpc) is 3.13. The minimum absolute atomic E-state index is 0. The van der Waals surface area contributed by atoms with Crippen molar-refractivity contribution in [3.05, 3.63) is 45.9 Å². The highest BCUT2D eigenvalue weighted by atomic mass is 127. The zero-order valence-electron chi connectivity index (χ0n) is 16.6. The normalized spacial score (nSPS) is 12.2. The molecule has 0 fully saturated rings. The summed E-state index contributed by atoms with van der Waals surface area (Å²) in [5, 5.41) is 7.89. The average molecular weight is 502 g/mol. The molecule has 5 nitrogen and oxygen atoms in total. The van der Waals surface area contributed by atoms with Crippen LogP contribution in [0, 0.1) is 0 Å². The Bertz CT molecular complexity index is 705. The van der Waals surface area contributed by atoms with Crippen molar-refractivity contribution in [1.82, 2.24) is 15.6 Å². The smallest absolute Gasteiger partial charge is 0.191 e. The SMILES string of the molecule is CCNC(=NCC(C)c1ccccc1OC)NCCc1ncc(CC)s1.I. The molecule has 0 spiro atoms. The predicted octanol–water partition coefficient (Wildman–Crippen LogP) is 4.23. The summed E-state index contributed by atoms with van der Waals surface area (Å²) in [6.45, 7) is 8.78. The minimum atomic E-state index is 0. The van der Waals surface area contributed by atoms with Gasteiger partial charge in [-0.05, 0) is 25.0 Å². The van der Waals surface area contributed by atoms with Crippen LogP contribution in [-0.2, 0) is 12.8 Å². The second-order valence-electron chi connectivity index (χ2n) is 6.11. The monoisotopic (exact) mass is 502 g/mol. The molecule has 27 heavy (non-hydrogen) atoms. The summed E-state index contributed by atoms with van der Waals surface area (Å²) >= 11 is 1.79. The van der Waals surface area contributed by atoms with Crippen LogP contribution in [-0.4, -0.2) is 37.7 Å². The van der Waals surface area contributed by atoms with Crippen LogP contribution in [0.2, 0.25) is 0 Å². The maximum atomic E-state index is 5.46. The number of nitrogens with one attached hydrogen (secondary N) is 2. The lowest BCUT2D eigenvalue weighted by atomic mass is 10.0. The number of para-hydroxylation sites is 1. The van der Waals surface area contributed by atoms with Crippen molar-refractivity contribution in [2.45, 2.75) is 39.5 Å². The highest BCUT2D eigenvalue weighted by Crippen LogP contribution is 2.26. The molecule has 0 saturated carbocycles. The Morgan fingerprint density at radius 3 is 2.70 bits per heavy atom. The highest BCUT2D eigenvalue weighted by Gasteiger charge is 2.11. The Labute approximate surface area is 184 Å². The van der Waals surface area contributed by atoms with Crippen LogP contribution in [0.1, 0.15) is 42.1 Å². The molecule has 0 radical (unpaired) electrons. The zero-order chi connectivity index (χ0) is 18.8. The fourth-order valence-electron chi connectivity index (χ4n) is 2.66. The summed E-state index contributed by atoms with van der Waals surface area (Å²) in [4.78, 5) is 10.5. The van der Waals surface area contributed by atoms with Gasteiger partial charge in [0.15, 0.2) is 5.96 Å². The van der Waals surface area contributed by atoms with Crippen LogP contribution in [0.3, 0.4) is 0 Å². The maximum Gasteiger partial charge on any atom is 0.191 e. The number of halogens is 1. The quantitative estimate of drug-likeness (QED) is 0.306. The van der Waals surface area contributed by atoms with Gasteiger partial charge < -0.3 is 15.4 Å². The third-order valence-corrected chi connectivity index (χ3v) is 5.32. The van der Waals surface area contributed by atoms with Crippen molar-refractivity contribution in [2.24, 2.45) is 4.99 Å². The van der Waals surface area contributed by atoms with Gasteiger partial charge in [-0.3, -0.25) is 4.99 Å². The molecule has 0 aliphatic carbocycles. The van der Waals surface area contributed by atoms with Crippen LogP contribution in [0.4, 0.5) is 0 Å². The van der Waals surface area contributed by atoms with E-state index in [2.05, 4.69) is 42.5 Å². The van der Waals surface area contributed by atoms with Gasteiger partial charge in [-0.25, -0.2) is 4.98 Å². The molecule has 0 bridgehead atoms. The van der Waals surface area contributed by atoms with E-state index in [0.29, 0.717) is 6.54 Å². The first-order chi connectivity index (χ1) is 12.7. The van der Waals surface area contributed by atoms with Gasteiger partial charge in [0.1, 0.15) is 5.75 Å². The van der Waals surface area contributed by atoms with Crippen molar-refractivity contribution < 1.29 is 4.74 Å². The van der Waals surface area contributed by atoms with Gasteiger partial charge >= 0.3 is 0 Å². The molecule has 0 aliphatic heterocycles. The Morgan fingerprint density at radius 1 is 1.26 bits per heavy atom. The van der Waals surface area contributed by atoms with Gasteiger partial charge in [-0.2, -0.15) is 0 Å². The van der Waals surface area contributed by atoms with Crippen LogP contribution in [0.5, 0.6) is 5.75 Å². The summed E-state index contributed by atoms with van der Waals surface area (Å²) in [6, 6.07) is 8.14. The molecule has 0 amide bonds. The topological polar surface area (TPSA) is 58.5 Å². The number of aliphatic imine (C=N–C) groups is 1. The number of benzene rings is 1. The van der Waals surface area contributed by atoms with Crippen LogP contribution >= 0.6 is 35.3 Å². The third kappa shape index (κ3) is 7.65. The van der Waals surface area contributed by atoms with Gasteiger partial charge in [0, 0.05) is 43.0 Å². The Kier molecular flexibility index (Phi) is 11.3. The second kappa shape index (κ2) is 12.9. The van der Waals surface area contributed by atoms with E-state index in [1.165, 1.54) is 15.4 Å². The summed E-state index contributed by atoms with van der Waals surface area (Å²) < 4.78 is 5.46. The number of nitrogens with zero attached hydrogens (tertiary/aromatic N) is 2. The van der Waals surface area contributed by atoms with Gasteiger partial charge in [0.05, 0.1) is 12.1 Å². The van der Waals surface area contributed by atoms with Gasteiger partial charge in [-0.15, -0.1) is 35.3 Å². The van der Waals surface area contributed by atoms with Gasteiger partial charge in [0.25, 0.3) is 0 Å². The predicted molar refractivity (Wildman–Crippen MR) is 126 cm³/mol. The first-order valence-corrected chi connectivity index (χ1v) is 10.1. The lowest BCUT2D eigenvalue weighted by Gasteiger charge is -2.15. The Morgan fingerprint density at radius 2 is 2.04 bits per heavy atom. The molecule has 7 heteroatoms. The van der Waals surface area contributed by atoms with Crippen LogP contribution in [0.15, 0.2) is 35.5 Å². The molecule has 1 unspecified atom stereocenters. The van der Waals surface area contributed by atoms with Crippen molar-refractivity contribution in [2.75, 3.05) is 26.7 Å². The fourth-order valence-corrected chi connectivity index (χ4v) is 3.52. The molecule has 1 heterocycles. The summed E-state index contributed by atoms with van der Waals surface area (Å²) in [5.41, 5.74) is 1.18. The molecule has 1 aromatic heterocycles. The largest absolute Gasteiger partial charge is 0.496 e. The van der Waals surface area contributed by atoms with E-state index in [4.69, 9.17) is 9.73 Å². The molecule has 1 atom stereocenters. The number of aromatic nitrogens is 1.